The number of hydrogen-bond acceptors (Lipinski definition) is 14. The second kappa shape index (κ2) is 34.3. The van der Waals surface area contributed by atoms with Crippen LogP contribution in [0.2, 0.25) is 0 Å². The van der Waals surface area contributed by atoms with Crippen molar-refractivity contribution in [3.63, 3.8) is 0 Å². The first-order valence-corrected chi connectivity index (χ1v) is 25.3. The van der Waals surface area contributed by atoms with Gasteiger partial charge >= 0.3 is 27.6 Å². The molecule has 1 fully saturated rings. The molecule has 0 aromatic rings. The molecule has 0 heterocycles. The van der Waals surface area contributed by atoms with Crippen LogP contribution in [0.3, 0.4) is 0 Å². The smallest absolute Gasteiger partial charge is 0.462 e. The van der Waals surface area contributed by atoms with Crippen molar-refractivity contribution in [1.29, 1.82) is 0 Å². The lowest BCUT2D eigenvalue weighted by Gasteiger charge is -2.43. The van der Waals surface area contributed by atoms with E-state index in [4.69, 9.17) is 28.3 Å². The first kappa shape index (κ1) is 57.9. The minimum absolute atomic E-state index is 0.00537. The molecule has 360 valence electrons. The number of aliphatic hydroxyl groups excluding tert-OH is 5. The Labute approximate surface area is 368 Å². The number of phosphoric acid groups is 2. The maximum absolute atomic E-state index is 13.0. The minimum atomic E-state index is -5.37. The molecule has 9 atom stereocenters. The number of carbonyl (C=O) groups excluding carboxylic acids is 2. The molecule has 0 aromatic carbocycles. The van der Waals surface area contributed by atoms with Crippen LogP contribution >= 0.6 is 15.6 Å². The third kappa shape index (κ3) is 28.7. The molecule has 1 aliphatic rings. The number of phosphoric ester groups is 2. The van der Waals surface area contributed by atoms with Crippen LogP contribution in [0.25, 0.3) is 0 Å². The molecule has 19 heteroatoms. The van der Waals surface area contributed by atoms with E-state index in [-0.39, 0.29) is 12.8 Å². The van der Waals surface area contributed by atoms with Gasteiger partial charge in [0.1, 0.15) is 43.2 Å². The highest BCUT2D eigenvalue weighted by atomic mass is 31.2. The molecule has 0 aliphatic heterocycles. The Morgan fingerprint density at radius 3 is 1.71 bits per heavy atom. The van der Waals surface area contributed by atoms with Gasteiger partial charge in [0.25, 0.3) is 0 Å². The second-order valence-electron chi connectivity index (χ2n) is 15.6. The third-order valence-corrected chi connectivity index (χ3v) is 11.5. The largest absolute Gasteiger partial charge is 0.472 e. The van der Waals surface area contributed by atoms with Gasteiger partial charge in [-0.1, -0.05) is 120 Å². The summed E-state index contributed by atoms with van der Waals surface area (Å²) in [4.78, 5) is 54.1. The standard InChI is InChI=1S/C43H76O17P2/c1-3-5-7-8-9-10-11-12-13-16-19-22-26-30-36(45)56-32-35(58-37(46)31-27-23-20-17-14-15-18-21-25-29-34(44)28-24-6-4-2)33-57-62(54,55)60-43-40(49)38(47)39(48)42(41(43)50)59-61(51,52)53/h6,10-11,18,21,24-25,29,34-35,38-44,47-50H,3-5,7-9,12-17,19-20,22-23,26-28,30-33H2,1-2H3,(H,54,55)(H2,51,52,53)/b11-10-,21-18+,24-6+,29-25+/t34?,35-,38?,39?,40?,41?,42-,43+/m1/s1. The van der Waals surface area contributed by atoms with Crippen molar-refractivity contribution in [3.8, 4) is 0 Å². The summed E-state index contributed by atoms with van der Waals surface area (Å²) < 4.78 is 49.2. The topological polar surface area (TPSA) is 276 Å². The van der Waals surface area contributed by atoms with E-state index in [1.54, 1.807) is 6.08 Å². The Bertz CT molecular complexity index is 1420. The quantitative estimate of drug-likeness (QED) is 0.0107. The Morgan fingerprint density at radius 2 is 1.13 bits per heavy atom. The molecule has 62 heavy (non-hydrogen) atoms. The SMILES string of the molecule is CC/C=C/CC(O)/C=C/C=C/CCCCCCCC(=O)O[C@H](COC(=O)CCCCCCC/C=C\CCCCCC)COP(=O)(O)O[C@H]1C(O)C(O)C(O)[C@@H](OP(=O)(O)O)C1O. The summed E-state index contributed by atoms with van der Waals surface area (Å²) in [7, 11) is -10.7. The van der Waals surface area contributed by atoms with Crippen molar-refractivity contribution in [2.24, 2.45) is 0 Å². The van der Waals surface area contributed by atoms with Gasteiger partial charge in [0.15, 0.2) is 6.10 Å². The van der Waals surface area contributed by atoms with E-state index in [1.807, 2.05) is 37.3 Å². The molecule has 1 aliphatic carbocycles. The van der Waals surface area contributed by atoms with Crippen molar-refractivity contribution in [3.05, 3.63) is 48.6 Å². The van der Waals surface area contributed by atoms with Crippen molar-refractivity contribution in [2.75, 3.05) is 13.2 Å². The van der Waals surface area contributed by atoms with Crippen LogP contribution < -0.4 is 0 Å². The van der Waals surface area contributed by atoms with Gasteiger partial charge in [0.2, 0.25) is 0 Å². The van der Waals surface area contributed by atoms with Crippen molar-refractivity contribution < 1.29 is 82.0 Å². The fourth-order valence-electron chi connectivity index (χ4n) is 6.47. The number of unbranched alkanes of at least 4 members (excludes halogenated alkanes) is 14. The summed E-state index contributed by atoms with van der Waals surface area (Å²) in [6, 6.07) is 0. The molecule has 0 saturated heterocycles. The summed E-state index contributed by atoms with van der Waals surface area (Å²) in [6.07, 6.45) is 18.4. The predicted octanol–water partition coefficient (Wildman–Crippen LogP) is 6.70. The van der Waals surface area contributed by atoms with Crippen molar-refractivity contribution >= 4 is 27.6 Å². The molecule has 0 spiro atoms. The van der Waals surface area contributed by atoms with Gasteiger partial charge < -0.3 is 49.7 Å². The second-order valence-corrected chi connectivity index (χ2v) is 18.2. The molecule has 6 unspecified atom stereocenters. The van der Waals surface area contributed by atoms with E-state index in [1.165, 1.54) is 25.7 Å². The van der Waals surface area contributed by atoms with Crippen LogP contribution in [0.5, 0.6) is 0 Å². The lowest BCUT2D eigenvalue weighted by molar-refractivity contribution is -0.216. The number of esters is 2. The summed E-state index contributed by atoms with van der Waals surface area (Å²) in [5.41, 5.74) is 0. The monoisotopic (exact) mass is 926 g/mol. The van der Waals surface area contributed by atoms with Crippen LogP contribution in [0, 0.1) is 0 Å². The molecule has 0 amide bonds. The Morgan fingerprint density at radius 1 is 0.597 bits per heavy atom. The van der Waals surface area contributed by atoms with E-state index in [0.29, 0.717) is 19.3 Å². The van der Waals surface area contributed by atoms with Crippen molar-refractivity contribution in [1.82, 2.24) is 0 Å². The van der Waals surface area contributed by atoms with Crippen LogP contribution in [0.4, 0.5) is 0 Å². The number of allylic oxidation sites excluding steroid dienone is 6. The highest BCUT2D eigenvalue weighted by molar-refractivity contribution is 7.47. The zero-order valence-electron chi connectivity index (χ0n) is 36.6. The van der Waals surface area contributed by atoms with E-state index >= 15 is 0 Å². The molecule has 0 aromatic heterocycles. The molecule has 1 rings (SSSR count). The fourth-order valence-corrected chi connectivity index (χ4v) is 8.01. The van der Waals surface area contributed by atoms with Crippen molar-refractivity contribution in [2.45, 2.75) is 198 Å². The highest BCUT2D eigenvalue weighted by Gasteiger charge is 2.54. The maximum atomic E-state index is 13.0. The normalized spacial score (nSPS) is 23.1. The number of hydrogen-bond donors (Lipinski definition) is 8. The summed E-state index contributed by atoms with van der Waals surface area (Å²) in [5, 5.41) is 51.0. The zero-order valence-corrected chi connectivity index (χ0v) is 38.4. The van der Waals surface area contributed by atoms with E-state index in [9.17, 15) is 49.1 Å². The number of rotatable bonds is 36. The van der Waals surface area contributed by atoms with Gasteiger partial charge in [-0.05, 0) is 64.2 Å². The van der Waals surface area contributed by atoms with Crippen LogP contribution in [-0.2, 0) is 41.8 Å². The molecule has 8 N–H and O–H groups in total. The highest BCUT2D eigenvalue weighted by Crippen LogP contribution is 2.49. The van der Waals surface area contributed by atoms with Gasteiger partial charge in [-0.15, -0.1) is 0 Å². The third-order valence-electron chi connectivity index (χ3n) is 9.97. The Kier molecular flexibility index (Phi) is 32.0. The lowest BCUT2D eigenvalue weighted by atomic mass is 9.85. The predicted molar refractivity (Wildman–Crippen MR) is 233 cm³/mol. The molecular formula is C43H76O17P2. The number of aliphatic hydroxyl groups is 5. The first-order valence-electron chi connectivity index (χ1n) is 22.3. The average molecular weight is 927 g/mol. The summed E-state index contributed by atoms with van der Waals surface area (Å²) in [5.74, 6) is -1.27. The first-order chi connectivity index (χ1) is 29.5. The van der Waals surface area contributed by atoms with Gasteiger partial charge in [0.05, 0.1) is 12.7 Å². The minimum Gasteiger partial charge on any atom is -0.462 e. The van der Waals surface area contributed by atoms with Gasteiger partial charge in [-0.2, -0.15) is 0 Å². The maximum Gasteiger partial charge on any atom is 0.472 e. The Balaban J connectivity index is 2.66. The molecule has 17 nitrogen and oxygen atoms in total. The van der Waals surface area contributed by atoms with Crippen LogP contribution in [0.15, 0.2) is 48.6 Å². The van der Waals surface area contributed by atoms with Gasteiger partial charge in [-0.3, -0.25) is 23.2 Å². The molecule has 1 saturated carbocycles. The number of ether oxygens (including phenoxy) is 2. The van der Waals surface area contributed by atoms with E-state index in [2.05, 4.69) is 23.6 Å². The average Bonchev–Trinajstić information content (AvgIpc) is 3.22. The Hall–Kier alpha value is -2.08. The van der Waals surface area contributed by atoms with Crippen LogP contribution in [0.1, 0.15) is 149 Å². The molecule has 0 radical (unpaired) electrons. The van der Waals surface area contributed by atoms with Crippen LogP contribution in [-0.4, -0.2) is 114 Å². The zero-order chi connectivity index (χ0) is 46.2. The molecule has 0 bridgehead atoms. The number of carbonyl (C=O) groups is 2. The summed E-state index contributed by atoms with van der Waals surface area (Å²) in [6.45, 7) is 2.83. The molecular weight excluding hydrogens is 850 g/mol. The van der Waals surface area contributed by atoms with Gasteiger partial charge in [-0.25, -0.2) is 9.13 Å². The fraction of sp³-hybridized carbons (Fsp3) is 0.767. The van der Waals surface area contributed by atoms with E-state index < -0.39 is 89.6 Å². The van der Waals surface area contributed by atoms with Gasteiger partial charge in [0, 0.05) is 12.8 Å². The van der Waals surface area contributed by atoms with E-state index in [0.717, 1.165) is 77.0 Å². The lowest BCUT2D eigenvalue weighted by Crippen LogP contribution is -2.64. The summed E-state index contributed by atoms with van der Waals surface area (Å²) >= 11 is 0.